The fraction of sp³-hybridized carbons (Fsp3) is 0.400. The lowest BCUT2D eigenvalue weighted by molar-refractivity contribution is 0.104. The number of nitrogens with zero attached hydrogens (tertiary/aromatic N) is 1. The molecule has 0 saturated heterocycles. The molecule has 20 heavy (non-hydrogen) atoms. The van der Waals surface area contributed by atoms with Gasteiger partial charge in [-0.2, -0.15) is 8.10 Å². The summed E-state index contributed by atoms with van der Waals surface area (Å²) < 4.78 is 17.8. The van der Waals surface area contributed by atoms with Crippen molar-refractivity contribution in [3.8, 4) is 5.75 Å². The van der Waals surface area contributed by atoms with Crippen LogP contribution in [0, 0.1) is 0 Å². The van der Waals surface area contributed by atoms with Crippen molar-refractivity contribution in [3.63, 3.8) is 0 Å². The first-order valence-electron chi connectivity index (χ1n) is 6.70. The van der Waals surface area contributed by atoms with Gasteiger partial charge in [-0.15, -0.1) is 0 Å². The molecule has 4 nitrogen and oxygen atoms in total. The second kappa shape index (κ2) is 5.89. The SMILES string of the molecule is CCCCOc1ccc2c(c1)[N+](C)(S(C)=O)C=CC2=O. The quantitative estimate of drug-likeness (QED) is 0.619. The van der Waals surface area contributed by atoms with Gasteiger partial charge in [0.1, 0.15) is 11.9 Å². The lowest BCUT2D eigenvalue weighted by Gasteiger charge is -2.29. The molecular weight excluding hydrogens is 274 g/mol. The molecule has 0 saturated carbocycles. The van der Waals surface area contributed by atoms with Crippen LogP contribution in [0.25, 0.3) is 0 Å². The van der Waals surface area contributed by atoms with Crippen molar-refractivity contribution in [1.29, 1.82) is 0 Å². The molecule has 1 aliphatic heterocycles. The van der Waals surface area contributed by atoms with Gasteiger partial charge >= 0.3 is 0 Å². The number of ether oxygens (including phenoxy) is 1. The van der Waals surface area contributed by atoms with E-state index in [2.05, 4.69) is 6.92 Å². The molecule has 0 bridgehead atoms. The molecule has 2 unspecified atom stereocenters. The predicted molar refractivity (Wildman–Crippen MR) is 82.1 cm³/mol. The highest BCUT2D eigenvalue weighted by Crippen LogP contribution is 2.35. The third-order valence-electron chi connectivity index (χ3n) is 3.52. The predicted octanol–water partition coefficient (Wildman–Crippen LogP) is 2.81. The monoisotopic (exact) mass is 294 g/mol. The van der Waals surface area contributed by atoms with Crippen LogP contribution in [0.2, 0.25) is 0 Å². The minimum Gasteiger partial charge on any atom is -0.493 e. The van der Waals surface area contributed by atoms with Crippen LogP contribution in [0.4, 0.5) is 5.69 Å². The Morgan fingerprint density at radius 3 is 2.75 bits per heavy atom. The smallest absolute Gasteiger partial charge is 0.213 e. The van der Waals surface area contributed by atoms with E-state index in [1.54, 1.807) is 24.6 Å². The number of carbonyl (C=O) groups is 1. The lowest BCUT2D eigenvalue weighted by atomic mass is 10.0. The van der Waals surface area contributed by atoms with E-state index in [1.807, 2.05) is 13.1 Å². The van der Waals surface area contributed by atoms with E-state index in [1.165, 1.54) is 6.08 Å². The Kier molecular flexibility index (Phi) is 4.40. The molecule has 0 aliphatic carbocycles. The Labute approximate surface area is 122 Å². The second-order valence-electron chi connectivity index (χ2n) is 4.97. The fourth-order valence-corrected chi connectivity index (χ4v) is 2.78. The third kappa shape index (κ3) is 2.69. The van der Waals surface area contributed by atoms with E-state index >= 15 is 0 Å². The number of hydrogen-bond acceptors (Lipinski definition) is 3. The normalized spacial score (nSPS) is 22.4. The van der Waals surface area contributed by atoms with Crippen LogP contribution in [0.15, 0.2) is 30.5 Å². The first kappa shape index (κ1) is 14.9. The van der Waals surface area contributed by atoms with Crippen molar-refractivity contribution >= 4 is 22.5 Å². The summed E-state index contributed by atoms with van der Waals surface area (Å²) in [5.74, 6) is 0.663. The van der Waals surface area contributed by atoms with E-state index in [0.717, 1.165) is 24.3 Å². The lowest BCUT2D eigenvalue weighted by Crippen LogP contribution is -2.43. The van der Waals surface area contributed by atoms with Gasteiger partial charge in [0, 0.05) is 12.1 Å². The molecule has 1 heterocycles. The molecule has 0 fully saturated rings. The van der Waals surface area contributed by atoms with Crippen LogP contribution < -0.4 is 8.63 Å². The van der Waals surface area contributed by atoms with Gasteiger partial charge in [0.05, 0.1) is 25.5 Å². The number of quaternary nitrogens is 1. The number of carbonyl (C=O) groups excluding carboxylic acids is 1. The standard InChI is InChI=1S/C15H20NO3S/c1-4-5-10-19-12-6-7-13-14(11-12)16(2,20(3)18)9-8-15(13)17/h6-9,11H,4-5,10H2,1-3H3/q+1. The van der Waals surface area contributed by atoms with E-state index < -0.39 is 11.0 Å². The maximum absolute atomic E-state index is 12.0. The number of fused-ring (bicyclic) bond motifs is 1. The van der Waals surface area contributed by atoms with Crippen molar-refractivity contribution in [2.24, 2.45) is 0 Å². The maximum Gasteiger partial charge on any atom is 0.213 e. The largest absolute Gasteiger partial charge is 0.493 e. The number of benzene rings is 1. The van der Waals surface area contributed by atoms with Gasteiger partial charge in [-0.3, -0.25) is 4.79 Å². The Hall–Kier alpha value is -1.46. The Morgan fingerprint density at radius 2 is 2.10 bits per heavy atom. The van der Waals surface area contributed by atoms with Gasteiger partial charge in [0.15, 0.2) is 11.5 Å². The summed E-state index contributed by atoms with van der Waals surface area (Å²) in [5, 5.41) is 0. The molecular formula is C15H20NO3S+. The summed E-state index contributed by atoms with van der Waals surface area (Å²) in [6, 6.07) is 5.38. The number of ketones is 1. The Morgan fingerprint density at radius 1 is 1.35 bits per heavy atom. The van der Waals surface area contributed by atoms with Crippen molar-refractivity contribution in [2.45, 2.75) is 19.8 Å². The minimum absolute atomic E-state index is 0.0545. The summed E-state index contributed by atoms with van der Waals surface area (Å²) >= 11 is 0. The summed E-state index contributed by atoms with van der Waals surface area (Å²) in [4.78, 5) is 11.9. The van der Waals surface area contributed by atoms with Crippen LogP contribution in [0.1, 0.15) is 30.1 Å². The number of rotatable bonds is 5. The highest BCUT2D eigenvalue weighted by Gasteiger charge is 2.36. The molecule has 0 amide bonds. The molecule has 5 heteroatoms. The van der Waals surface area contributed by atoms with Gasteiger partial charge in [-0.25, -0.2) is 0 Å². The number of hydrogen-bond donors (Lipinski definition) is 0. The molecule has 0 radical (unpaired) electrons. The first-order chi connectivity index (χ1) is 9.49. The zero-order chi connectivity index (χ0) is 14.8. The van der Waals surface area contributed by atoms with Crippen molar-refractivity contribution < 1.29 is 13.7 Å². The third-order valence-corrected chi connectivity index (χ3v) is 4.91. The summed E-state index contributed by atoms with van der Waals surface area (Å²) in [5.41, 5.74) is 1.32. The van der Waals surface area contributed by atoms with Gasteiger partial charge in [0.2, 0.25) is 11.0 Å². The van der Waals surface area contributed by atoms with Gasteiger partial charge in [-0.1, -0.05) is 13.3 Å². The van der Waals surface area contributed by atoms with Crippen molar-refractivity contribution in [1.82, 2.24) is 3.89 Å². The zero-order valence-electron chi connectivity index (χ0n) is 12.1. The fourth-order valence-electron chi connectivity index (χ4n) is 2.12. The molecule has 2 rings (SSSR count). The minimum atomic E-state index is -1.17. The molecule has 0 spiro atoms. The topological polar surface area (TPSA) is 43.4 Å². The summed E-state index contributed by atoms with van der Waals surface area (Å²) in [7, 11) is 0.661. The number of unbranched alkanes of at least 4 members (excludes halogenated alkanes) is 1. The van der Waals surface area contributed by atoms with Crippen LogP contribution in [0.3, 0.4) is 0 Å². The van der Waals surface area contributed by atoms with E-state index in [0.29, 0.717) is 12.2 Å². The van der Waals surface area contributed by atoms with E-state index in [4.69, 9.17) is 4.74 Å². The molecule has 1 aromatic carbocycles. The first-order valence-corrected chi connectivity index (χ1v) is 8.22. The van der Waals surface area contributed by atoms with Gasteiger partial charge < -0.3 is 4.74 Å². The van der Waals surface area contributed by atoms with Crippen LogP contribution in [-0.4, -0.2) is 29.9 Å². The van der Waals surface area contributed by atoms with Crippen molar-refractivity contribution in [3.05, 3.63) is 36.0 Å². The highest BCUT2D eigenvalue weighted by molar-refractivity contribution is 7.83. The number of allylic oxidation sites excluding steroid dienone is 1. The molecule has 108 valence electrons. The van der Waals surface area contributed by atoms with Gasteiger partial charge in [0.25, 0.3) is 0 Å². The molecule has 2 atom stereocenters. The van der Waals surface area contributed by atoms with Crippen LogP contribution in [-0.2, 0) is 11.0 Å². The summed E-state index contributed by atoms with van der Waals surface area (Å²) in [6.45, 7) is 2.76. The second-order valence-corrected chi connectivity index (χ2v) is 6.58. The van der Waals surface area contributed by atoms with Crippen LogP contribution >= 0.6 is 0 Å². The van der Waals surface area contributed by atoms with Crippen molar-refractivity contribution in [2.75, 3.05) is 19.9 Å². The zero-order valence-corrected chi connectivity index (χ0v) is 12.9. The van der Waals surface area contributed by atoms with Gasteiger partial charge in [-0.05, 0) is 18.6 Å². The van der Waals surface area contributed by atoms with E-state index in [9.17, 15) is 9.00 Å². The average Bonchev–Trinajstić information content (AvgIpc) is 2.43. The average molecular weight is 294 g/mol. The van der Waals surface area contributed by atoms with E-state index in [-0.39, 0.29) is 9.67 Å². The molecule has 0 N–H and O–H groups in total. The molecule has 1 aliphatic rings. The Bertz CT molecular complexity index is 582. The molecule has 0 aromatic heterocycles. The Balaban J connectivity index is 2.39. The maximum atomic E-state index is 12.0. The molecule has 1 aromatic rings. The summed E-state index contributed by atoms with van der Waals surface area (Å²) in [6.07, 6.45) is 6.85. The highest BCUT2D eigenvalue weighted by atomic mass is 32.2. The van der Waals surface area contributed by atoms with Crippen LogP contribution in [0.5, 0.6) is 5.75 Å².